The summed E-state index contributed by atoms with van der Waals surface area (Å²) >= 11 is 1.23. The summed E-state index contributed by atoms with van der Waals surface area (Å²) in [5.74, 6) is -0.778. The summed E-state index contributed by atoms with van der Waals surface area (Å²) in [5.41, 5.74) is 2.03. The SMILES string of the molecule is Cc1ccc(-c2nnc(NC(=O)C(NS(=O)(=O)c3cccc4ccccc34)C(C)C)s2)cc1. The molecule has 2 N–H and O–H groups in total. The zero-order valence-electron chi connectivity index (χ0n) is 18.4. The number of rotatable bonds is 7. The molecule has 1 atom stereocenters. The van der Waals surface area contributed by atoms with E-state index in [1.54, 1.807) is 38.1 Å². The van der Waals surface area contributed by atoms with Crippen molar-refractivity contribution in [2.45, 2.75) is 31.7 Å². The van der Waals surface area contributed by atoms with Gasteiger partial charge in [0.15, 0.2) is 0 Å². The molecule has 1 heterocycles. The number of hydrogen-bond acceptors (Lipinski definition) is 6. The molecule has 9 heteroatoms. The van der Waals surface area contributed by atoms with Crippen molar-refractivity contribution < 1.29 is 13.2 Å². The standard InChI is InChI=1S/C24H24N4O3S2/c1-15(2)21(28-33(30,31)20-10-6-8-17-7-4-5-9-19(17)20)22(29)25-24-27-26-23(32-24)18-13-11-16(3)12-14-18/h4-15,21,28H,1-3H3,(H,25,27,29). The zero-order valence-corrected chi connectivity index (χ0v) is 20.1. The van der Waals surface area contributed by atoms with Crippen LogP contribution in [0.2, 0.25) is 0 Å². The average molecular weight is 481 g/mol. The number of aryl methyl sites for hydroxylation is 1. The van der Waals surface area contributed by atoms with Crippen LogP contribution in [-0.2, 0) is 14.8 Å². The van der Waals surface area contributed by atoms with Gasteiger partial charge in [-0.2, -0.15) is 4.72 Å². The van der Waals surface area contributed by atoms with Gasteiger partial charge in [-0.15, -0.1) is 10.2 Å². The third-order valence-electron chi connectivity index (χ3n) is 5.22. The minimum atomic E-state index is -3.95. The van der Waals surface area contributed by atoms with Crippen LogP contribution in [0, 0.1) is 12.8 Å². The fraction of sp³-hybridized carbons (Fsp3) is 0.208. The summed E-state index contributed by atoms with van der Waals surface area (Å²) in [4.78, 5) is 13.2. The molecule has 1 aromatic heterocycles. The van der Waals surface area contributed by atoms with E-state index in [2.05, 4.69) is 20.2 Å². The van der Waals surface area contributed by atoms with Gasteiger partial charge in [0.05, 0.1) is 4.90 Å². The smallest absolute Gasteiger partial charge is 0.244 e. The highest BCUT2D eigenvalue weighted by Crippen LogP contribution is 2.27. The van der Waals surface area contributed by atoms with Crippen LogP contribution in [-0.4, -0.2) is 30.6 Å². The van der Waals surface area contributed by atoms with E-state index >= 15 is 0 Å². The van der Waals surface area contributed by atoms with E-state index in [4.69, 9.17) is 0 Å². The third-order valence-corrected chi connectivity index (χ3v) is 7.61. The number of anilines is 1. The molecular weight excluding hydrogens is 456 g/mol. The number of carbonyl (C=O) groups is 1. The van der Waals surface area contributed by atoms with Crippen LogP contribution in [0.25, 0.3) is 21.3 Å². The highest BCUT2D eigenvalue weighted by molar-refractivity contribution is 7.89. The van der Waals surface area contributed by atoms with Gasteiger partial charge in [0.1, 0.15) is 11.0 Å². The predicted octanol–water partition coefficient (Wildman–Crippen LogP) is 4.61. The molecule has 0 radical (unpaired) electrons. The molecule has 170 valence electrons. The van der Waals surface area contributed by atoms with E-state index in [1.165, 1.54) is 11.3 Å². The molecule has 33 heavy (non-hydrogen) atoms. The molecule has 1 unspecified atom stereocenters. The Labute approximate surface area is 196 Å². The minimum absolute atomic E-state index is 0.136. The number of carbonyl (C=O) groups excluding carboxylic acids is 1. The van der Waals surface area contributed by atoms with Gasteiger partial charge in [-0.25, -0.2) is 8.42 Å². The maximum absolute atomic E-state index is 13.2. The average Bonchev–Trinajstić information content (AvgIpc) is 3.25. The molecule has 7 nitrogen and oxygen atoms in total. The first-order valence-electron chi connectivity index (χ1n) is 10.5. The van der Waals surface area contributed by atoms with Crippen LogP contribution in [0.4, 0.5) is 5.13 Å². The fourth-order valence-corrected chi connectivity index (χ4v) is 5.75. The Hall–Kier alpha value is -3.14. The van der Waals surface area contributed by atoms with Crippen molar-refractivity contribution in [3.63, 3.8) is 0 Å². The van der Waals surface area contributed by atoms with Gasteiger partial charge >= 0.3 is 0 Å². The van der Waals surface area contributed by atoms with E-state index in [0.717, 1.165) is 16.5 Å². The second kappa shape index (κ2) is 9.38. The highest BCUT2D eigenvalue weighted by Gasteiger charge is 2.30. The van der Waals surface area contributed by atoms with Crippen molar-refractivity contribution in [3.05, 3.63) is 72.3 Å². The van der Waals surface area contributed by atoms with Crippen molar-refractivity contribution in [2.75, 3.05) is 5.32 Å². The molecule has 0 aliphatic rings. The quantitative estimate of drug-likeness (QED) is 0.402. The van der Waals surface area contributed by atoms with Crippen molar-refractivity contribution in [1.82, 2.24) is 14.9 Å². The molecule has 0 saturated carbocycles. The maximum Gasteiger partial charge on any atom is 0.244 e. The number of aromatic nitrogens is 2. The van der Waals surface area contributed by atoms with E-state index in [0.29, 0.717) is 15.5 Å². The number of hydrogen-bond donors (Lipinski definition) is 2. The Morgan fingerprint density at radius 1 is 0.939 bits per heavy atom. The first kappa shape index (κ1) is 23.0. The Balaban J connectivity index is 1.55. The summed E-state index contributed by atoms with van der Waals surface area (Å²) in [5, 5.41) is 13.3. The topological polar surface area (TPSA) is 101 Å². The van der Waals surface area contributed by atoms with E-state index in [-0.39, 0.29) is 10.8 Å². The lowest BCUT2D eigenvalue weighted by atomic mass is 10.1. The number of sulfonamides is 1. The fourth-order valence-electron chi connectivity index (χ4n) is 3.42. The number of fused-ring (bicyclic) bond motifs is 1. The van der Waals surface area contributed by atoms with Gasteiger partial charge in [0.2, 0.25) is 21.1 Å². The summed E-state index contributed by atoms with van der Waals surface area (Å²) in [7, 11) is -3.95. The molecule has 0 bridgehead atoms. The highest BCUT2D eigenvalue weighted by atomic mass is 32.2. The van der Waals surface area contributed by atoms with Gasteiger partial charge in [-0.05, 0) is 24.3 Å². The van der Waals surface area contributed by atoms with Crippen LogP contribution in [0.15, 0.2) is 71.6 Å². The monoisotopic (exact) mass is 480 g/mol. The van der Waals surface area contributed by atoms with E-state index in [1.807, 2.05) is 49.4 Å². The number of benzene rings is 3. The molecule has 0 saturated heterocycles. The van der Waals surface area contributed by atoms with Crippen LogP contribution in [0.3, 0.4) is 0 Å². The molecule has 0 aliphatic heterocycles. The molecule has 0 spiro atoms. The predicted molar refractivity (Wildman–Crippen MR) is 132 cm³/mol. The molecule has 3 aromatic carbocycles. The van der Waals surface area contributed by atoms with Crippen molar-refractivity contribution in [3.8, 4) is 10.6 Å². The molecule has 1 amide bonds. The Bertz CT molecular complexity index is 1390. The second-order valence-electron chi connectivity index (χ2n) is 8.09. The largest absolute Gasteiger partial charge is 0.299 e. The lowest BCUT2D eigenvalue weighted by Gasteiger charge is -2.21. The van der Waals surface area contributed by atoms with Gasteiger partial charge in [-0.1, -0.05) is 91.4 Å². The minimum Gasteiger partial charge on any atom is -0.299 e. The third kappa shape index (κ3) is 5.11. The molecule has 0 aliphatic carbocycles. The van der Waals surface area contributed by atoms with Crippen LogP contribution >= 0.6 is 11.3 Å². The Morgan fingerprint density at radius 3 is 2.36 bits per heavy atom. The van der Waals surface area contributed by atoms with Gasteiger partial charge in [-0.3, -0.25) is 10.1 Å². The zero-order chi connectivity index (χ0) is 23.6. The number of nitrogens with zero attached hydrogens (tertiary/aromatic N) is 2. The molecule has 4 aromatic rings. The molecule has 0 fully saturated rings. The lowest BCUT2D eigenvalue weighted by molar-refractivity contribution is -0.118. The van der Waals surface area contributed by atoms with Gasteiger partial charge < -0.3 is 0 Å². The Kier molecular flexibility index (Phi) is 6.55. The van der Waals surface area contributed by atoms with Gasteiger partial charge in [0, 0.05) is 10.9 Å². The summed E-state index contributed by atoms with van der Waals surface area (Å²) in [6, 6.07) is 19.2. The summed E-state index contributed by atoms with van der Waals surface area (Å²) in [6.45, 7) is 5.57. The second-order valence-corrected chi connectivity index (χ2v) is 10.7. The van der Waals surface area contributed by atoms with Crippen molar-refractivity contribution in [2.24, 2.45) is 5.92 Å². The first-order valence-corrected chi connectivity index (χ1v) is 12.8. The van der Waals surface area contributed by atoms with Gasteiger partial charge in [0.25, 0.3) is 0 Å². The number of amides is 1. The number of nitrogens with one attached hydrogen (secondary N) is 2. The molecular formula is C24H24N4O3S2. The lowest BCUT2D eigenvalue weighted by Crippen LogP contribution is -2.47. The maximum atomic E-state index is 13.2. The van der Waals surface area contributed by atoms with Crippen molar-refractivity contribution >= 4 is 43.2 Å². The normalized spacial score (nSPS) is 12.7. The molecule has 4 rings (SSSR count). The van der Waals surface area contributed by atoms with Crippen LogP contribution in [0.1, 0.15) is 19.4 Å². The van der Waals surface area contributed by atoms with E-state index < -0.39 is 22.0 Å². The van der Waals surface area contributed by atoms with E-state index in [9.17, 15) is 13.2 Å². The summed E-state index contributed by atoms with van der Waals surface area (Å²) < 4.78 is 29.0. The summed E-state index contributed by atoms with van der Waals surface area (Å²) in [6.07, 6.45) is 0. The Morgan fingerprint density at radius 2 is 1.64 bits per heavy atom. The van der Waals surface area contributed by atoms with Crippen molar-refractivity contribution in [1.29, 1.82) is 0 Å². The first-order chi connectivity index (χ1) is 15.7. The van der Waals surface area contributed by atoms with Crippen LogP contribution in [0.5, 0.6) is 0 Å². The van der Waals surface area contributed by atoms with Crippen LogP contribution < -0.4 is 10.0 Å².